The SMILES string of the molecule is COC1CCCN(C(=O)c2ccc(C(N)=S)cc2)C1. The molecule has 2 rings (SSSR count). The number of carbonyl (C=O) groups is 1. The van der Waals surface area contributed by atoms with Gasteiger partial charge in [-0.3, -0.25) is 4.79 Å². The van der Waals surface area contributed by atoms with Gasteiger partial charge in [-0.05, 0) is 25.0 Å². The third-order valence-electron chi connectivity index (χ3n) is 3.42. The molecule has 19 heavy (non-hydrogen) atoms. The van der Waals surface area contributed by atoms with Gasteiger partial charge in [0, 0.05) is 31.3 Å². The Kier molecular flexibility index (Phi) is 4.50. The molecule has 0 aliphatic carbocycles. The fourth-order valence-electron chi connectivity index (χ4n) is 2.27. The zero-order valence-corrected chi connectivity index (χ0v) is 11.8. The van der Waals surface area contributed by atoms with E-state index in [-0.39, 0.29) is 12.0 Å². The lowest BCUT2D eigenvalue weighted by atomic mass is 10.1. The number of methoxy groups -OCH3 is 1. The normalized spacial score (nSPS) is 19.2. The first kappa shape index (κ1) is 14.0. The van der Waals surface area contributed by atoms with E-state index >= 15 is 0 Å². The van der Waals surface area contributed by atoms with Crippen LogP contribution in [0.4, 0.5) is 0 Å². The summed E-state index contributed by atoms with van der Waals surface area (Å²) in [6.07, 6.45) is 2.14. The van der Waals surface area contributed by atoms with Gasteiger partial charge in [-0.15, -0.1) is 0 Å². The van der Waals surface area contributed by atoms with Gasteiger partial charge in [-0.2, -0.15) is 0 Å². The summed E-state index contributed by atoms with van der Waals surface area (Å²) in [5, 5.41) is 0. The molecule has 1 amide bonds. The number of hydrogen-bond acceptors (Lipinski definition) is 3. The van der Waals surface area contributed by atoms with Crippen molar-refractivity contribution in [1.29, 1.82) is 0 Å². The topological polar surface area (TPSA) is 55.6 Å². The third kappa shape index (κ3) is 3.30. The highest BCUT2D eigenvalue weighted by atomic mass is 32.1. The van der Waals surface area contributed by atoms with Crippen molar-refractivity contribution >= 4 is 23.1 Å². The van der Waals surface area contributed by atoms with Crippen LogP contribution >= 0.6 is 12.2 Å². The number of ether oxygens (including phenoxy) is 1. The van der Waals surface area contributed by atoms with Crippen molar-refractivity contribution in [3.05, 3.63) is 35.4 Å². The monoisotopic (exact) mass is 278 g/mol. The molecule has 1 fully saturated rings. The van der Waals surface area contributed by atoms with E-state index in [9.17, 15) is 4.79 Å². The molecule has 2 N–H and O–H groups in total. The van der Waals surface area contributed by atoms with Crippen LogP contribution in [0.2, 0.25) is 0 Å². The quantitative estimate of drug-likeness (QED) is 0.853. The lowest BCUT2D eigenvalue weighted by molar-refractivity contribution is 0.0269. The van der Waals surface area contributed by atoms with Gasteiger partial charge in [0.15, 0.2) is 0 Å². The number of hydrogen-bond donors (Lipinski definition) is 1. The average molecular weight is 278 g/mol. The standard InChI is InChI=1S/C14H18N2O2S/c1-18-12-3-2-8-16(9-12)14(17)11-6-4-10(5-7-11)13(15)19/h4-7,12H,2-3,8-9H2,1H3,(H2,15,19). The fourth-order valence-corrected chi connectivity index (χ4v) is 2.41. The van der Waals surface area contributed by atoms with E-state index in [1.165, 1.54) is 0 Å². The molecule has 0 radical (unpaired) electrons. The van der Waals surface area contributed by atoms with Crippen LogP contribution in [-0.2, 0) is 4.74 Å². The van der Waals surface area contributed by atoms with Crippen molar-refractivity contribution in [1.82, 2.24) is 4.90 Å². The number of thiocarbonyl (C=S) groups is 1. The van der Waals surface area contributed by atoms with Crippen LogP contribution in [-0.4, -0.2) is 42.1 Å². The summed E-state index contributed by atoms with van der Waals surface area (Å²) < 4.78 is 5.33. The average Bonchev–Trinajstić information content (AvgIpc) is 2.46. The molecule has 1 aliphatic heterocycles. The highest BCUT2D eigenvalue weighted by molar-refractivity contribution is 7.80. The van der Waals surface area contributed by atoms with E-state index < -0.39 is 0 Å². The number of amides is 1. The van der Waals surface area contributed by atoms with Gasteiger partial charge in [0.2, 0.25) is 0 Å². The van der Waals surface area contributed by atoms with Crippen LogP contribution in [0.5, 0.6) is 0 Å². The Bertz CT molecular complexity index is 473. The van der Waals surface area contributed by atoms with Crippen LogP contribution in [0.25, 0.3) is 0 Å². The maximum atomic E-state index is 12.3. The van der Waals surface area contributed by atoms with Crippen molar-refractivity contribution in [3.63, 3.8) is 0 Å². The number of likely N-dealkylation sites (tertiary alicyclic amines) is 1. The molecule has 1 atom stereocenters. The molecule has 1 saturated heterocycles. The maximum absolute atomic E-state index is 12.3. The van der Waals surface area contributed by atoms with Crippen LogP contribution in [0.15, 0.2) is 24.3 Å². The van der Waals surface area contributed by atoms with Crippen molar-refractivity contribution < 1.29 is 9.53 Å². The minimum absolute atomic E-state index is 0.0382. The molecule has 0 saturated carbocycles. The minimum atomic E-state index is 0.0382. The van der Waals surface area contributed by atoms with Gasteiger partial charge in [0.05, 0.1) is 6.10 Å². The summed E-state index contributed by atoms with van der Waals surface area (Å²) in [7, 11) is 1.69. The Balaban J connectivity index is 2.08. The highest BCUT2D eigenvalue weighted by Gasteiger charge is 2.24. The van der Waals surface area contributed by atoms with Gasteiger partial charge in [-0.1, -0.05) is 24.4 Å². The smallest absolute Gasteiger partial charge is 0.253 e. The van der Waals surface area contributed by atoms with E-state index in [2.05, 4.69) is 0 Å². The second kappa shape index (κ2) is 6.12. The largest absolute Gasteiger partial charge is 0.389 e. The molecule has 102 valence electrons. The summed E-state index contributed by atoms with van der Waals surface area (Å²) in [4.78, 5) is 14.5. The van der Waals surface area contributed by atoms with Crippen LogP contribution in [0, 0.1) is 0 Å². The van der Waals surface area contributed by atoms with E-state index in [0.717, 1.165) is 24.9 Å². The molecule has 0 bridgehead atoms. The lowest BCUT2D eigenvalue weighted by Gasteiger charge is -2.32. The van der Waals surface area contributed by atoms with E-state index in [0.29, 0.717) is 17.1 Å². The lowest BCUT2D eigenvalue weighted by Crippen LogP contribution is -2.42. The van der Waals surface area contributed by atoms with Crippen molar-refractivity contribution in [3.8, 4) is 0 Å². The minimum Gasteiger partial charge on any atom is -0.389 e. The molecule has 1 aromatic carbocycles. The van der Waals surface area contributed by atoms with E-state index in [1.807, 2.05) is 4.90 Å². The Morgan fingerprint density at radius 1 is 1.37 bits per heavy atom. The van der Waals surface area contributed by atoms with Gasteiger partial charge >= 0.3 is 0 Å². The summed E-state index contributed by atoms with van der Waals surface area (Å²) in [6.45, 7) is 1.45. The second-order valence-corrected chi connectivity index (χ2v) is 5.13. The fraction of sp³-hybridized carbons (Fsp3) is 0.429. The van der Waals surface area contributed by atoms with Gasteiger partial charge < -0.3 is 15.4 Å². The second-order valence-electron chi connectivity index (χ2n) is 4.69. The molecule has 5 heteroatoms. The Morgan fingerprint density at radius 3 is 2.58 bits per heavy atom. The van der Waals surface area contributed by atoms with Crippen LogP contribution in [0.3, 0.4) is 0 Å². The number of piperidine rings is 1. The molecule has 0 spiro atoms. The Hall–Kier alpha value is -1.46. The number of benzene rings is 1. The molecule has 1 aromatic rings. The molecular formula is C14H18N2O2S. The van der Waals surface area contributed by atoms with Gasteiger partial charge in [0.1, 0.15) is 4.99 Å². The van der Waals surface area contributed by atoms with Crippen LogP contribution < -0.4 is 5.73 Å². The molecule has 4 nitrogen and oxygen atoms in total. The first-order valence-corrected chi connectivity index (χ1v) is 6.74. The van der Waals surface area contributed by atoms with Gasteiger partial charge in [0.25, 0.3) is 5.91 Å². The molecular weight excluding hydrogens is 260 g/mol. The summed E-state index contributed by atoms with van der Waals surface area (Å²) >= 11 is 4.89. The van der Waals surface area contributed by atoms with Crippen molar-refractivity contribution in [2.24, 2.45) is 5.73 Å². The third-order valence-corrected chi connectivity index (χ3v) is 3.65. The molecule has 1 aliphatic rings. The van der Waals surface area contributed by atoms with Crippen LogP contribution in [0.1, 0.15) is 28.8 Å². The van der Waals surface area contributed by atoms with Crippen molar-refractivity contribution in [2.45, 2.75) is 18.9 Å². The number of rotatable bonds is 3. The Morgan fingerprint density at radius 2 is 2.00 bits per heavy atom. The summed E-state index contributed by atoms with van der Waals surface area (Å²) in [6, 6.07) is 7.11. The Labute approximate surface area is 118 Å². The number of nitrogens with zero attached hydrogens (tertiary/aromatic N) is 1. The summed E-state index contributed by atoms with van der Waals surface area (Å²) in [5.41, 5.74) is 6.98. The maximum Gasteiger partial charge on any atom is 0.253 e. The highest BCUT2D eigenvalue weighted by Crippen LogP contribution is 2.16. The predicted octanol–water partition coefficient (Wildman–Crippen LogP) is 1.57. The zero-order valence-electron chi connectivity index (χ0n) is 11.0. The van der Waals surface area contributed by atoms with Gasteiger partial charge in [-0.25, -0.2) is 0 Å². The molecule has 1 heterocycles. The first-order chi connectivity index (χ1) is 9.11. The first-order valence-electron chi connectivity index (χ1n) is 6.33. The number of carbonyl (C=O) groups excluding carboxylic acids is 1. The molecule has 1 unspecified atom stereocenters. The van der Waals surface area contributed by atoms with E-state index in [1.54, 1.807) is 31.4 Å². The molecule has 0 aromatic heterocycles. The summed E-state index contributed by atoms with van der Waals surface area (Å²) in [5.74, 6) is 0.0382. The van der Waals surface area contributed by atoms with Crippen molar-refractivity contribution in [2.75, 3.05) is 20.2 Å². The number of nitrogens with two attached hydrogens (primary N) is 1. The van der Waals surface area contributed by atoms with E-state index in [4.69, 9.17) is 22.7 Å². The predicted molar refractivity (Wildman–Crippen MR) is 78.3 cm³/mol. The zero-order chi connectivity index (χ0) is 13.8.